The molecule has 0 atom stereocenters. The lowest BCUT2D eigenvalue weighted by atomic mass is 10.0. The van der Waals surface area contributed by atoms with Crippen molar-refractivity contribution in [3.05, 3.63) is 89.0 Å². The fraction of sp³-hybridized carbons (Fsp3) is 0.300. The van der Waals surface area contributed by atoms with Crippen molar-refractivity contribution in [1.82, 2.24) is 4.90 Å². The van der Waals surface area contributed by atoms with Crippen LogP contribution >= 0.6 is 11.8 Å². The van der Waals surface area contributed by atoms with Gasteiger partial charge < -0.3 is 20.7 Å². The summed E-state index contributed by atoms with van der Waals surface area (Å²) in [4.78, 5) is 36.4. The molecule has 39 heavy (non-hydrogen) atoms. The number of benzene rings is 3. The lowest BCUT2D eigenvalue weighted by Gasteiger charge is -2.15. The predicted molar refractivity (Wildman–Crippen MR) is 159 cm³/mol. The molecule has 9 heteroatoms. The van der Waals surface area contributed by atoms with Gasteiger partial charge in [-0.1, -0.05) is 37.3 Å². The van der Waals surface area contributed by atoms with Crippen molar-refractivity contribution < 1.29 is 19.1 Å². The van der Waals surface area contributed by atoms with E-state index in [4.69, 9.17) is 10.5 Å². The summed E-state index contributed by atoms with van der Waals surface area (Å²) in [5.41, 5.74) is 10.7. The Morgan fingerprint density at radius 1 is 0.974 bits per heavy atom. The molecule has 0 bridgehead atoms. The van der Waals surface area contributed by atoms with Crippen molar-refractivity contribution in [3.63, 3.8) is 0 Å². The average molecular weight is 551 g/mol. The molecule has 3 amide bonds. The lowest BCUT2D eigenvalue weighted by Crippen LogP contribution is -2.17. The fourth-order valence-corrected chi connectivity index (χ4v) is 4.42. The summed E-state index contributed by atoms with van der Waals surface area (Å²) < 4.78 is 5.33. The van der Waals surface area contributed by atoms with Gasteiger partial charge in [0.15, 0.2) is 0 Å². The minimum absolute atomic E-state index is 0.326. The van der Waals surface area contributed by atoms with Gasteiger partial charge in [-0.3, -0.25) is 14.9 Å². The first kappa shape index (κ1) is 31.2. The van der Waals surface area contributed by atoms with E-state index in [2.05, 4.69) is 29.7 Å². The molecule has 0 saturated heterocycles. The molecule has 0 radical (unpaired) electrons. The van der Waals surface area contributed by atoms with Crippen molar-refractivity contribution in [3.8, 4) is 0 Å². The smallest absolute Gasteiger partial charge is 0.411 e. The monoisotopic (exact) mass is 550 g/mol. The quantitative estimate of drug-likeness (QED) is 0.201. The third-order valence-corrected chi connectivity index (χ3v) is 6.60. The van der Waals surface area contributed by atoms with Crippen molar-refractivity contribution in [1.29, 1.82) is 0 Å². The molecule has 3 aromatic rings. The average Bonchev–Trinajstić information content (AvgIpc) is 2.94. The Balaban J connectivity index is 0.000000370. The maximum atomic E-state index is 12.1. The van der Waals surface area contributed by atoms with Crippen LogP contribution in [0.3, 0.4) is 0 Å². The number of rotatable bonds is 12. The van der Waals surface area contributed by atoms with E-state index in [0.29, 0.717) is 30.8 Å². The van der Waals surface area contributed by atoms with Gasteiger partial charge in [0.25, 0.3) is 0 Å². The first-order valence-electron chi connectivity index (χ1n) is 12.8. The molecule has 0 fully saturated rings. The second kappa shape index (κ2) is 16.8. The molecule has 4 N–H and O–H groups in total. The highest BCUT2D eigenvalue weighted by Gasteiger charge is 2.09. The standard InChI is InChI=1S/C21H26N2O3S.C9H12N2O/c1-4-16-7-5-6-8-17(16)11-12-26-21(25)22-19-9-10-20(27-3)18(13-19)14-23(2)15-24;1-2-11-8-5-3-4-7(6-8)9(10)12/h5-10,13,15H,4,11-12,14H2,1-3H3,(H,22,25);3-6,11H,2H2,1H3,(H2,10,12). The Kier molecular flexibility index (Phi) is 13.4. The number of carbonyl (C=O) groups is 3. The summed E-state index contributed by atoms with van der Waals surface area (Å²) in [5, 5.41) is 5.86. The molecule has 0 aromatic heterocycles. The van der Waals surface area contributed by atoms with Gasteiger partial charge in [-0.2, -0.15) is 0 Å². The number of thioether (sulfide) groups is 1. The Morgan fingerprint density at radius 2 is 1.72 bits per heavy atom. The maximum Gasteiger partial charge on any atom is 0.411 e. The molecule has 0 unspecified atom stereocenters. The zero-order valence-corrected chi connectivity index (χ0v) is 23.8. The maximum absolute atomic E-state index is 12.1. The molecular weight excluding hydrogens is 512 g/mol. The van der Waals surface area contributed by atoms with E-state index in [1.165, 1.54) is 11.1 Å². The van der Waals surface area contributed by atoms with Crippen LogP contribution in [0.5, 0.6) is 0 Å². The Hall–Kier alpha value is -3.98. The van der Waals surface area contributed by atoms with Gasteiger partial charge in [0.1, 0.15) is 0 Å². The summed E-state index contributed by atoms with van der Waals surface area (Å²) in [6.45, 7) is 5.76. The number of nitrogens with one attached hydrogen (secondary N) is 2. The van der Waals surface area contributed by atoms with E-state index in [1.54, 1.807) is 41.9 Å². The summed E-state index contributed by atoms with van der Waals surface area (Å²) >= 11 is 1.60. The van der Waals surface area contributed by atoms with Gasteiger partial charge in [-0.05, 0) is 72.7 Å². The van der Waals surface area contributed by atoms with Crippen LogP contribution in [-0.2, 0) is 28.9 Å². The first-order chi connectivity index (χ1) is 18.8. The minimum Gasteiger partial charge on any atom is -0.449 e. The highest BCUT2D eigenvalue weighted by molar-refractivity contribution is 7.98. The molecule has 8 nitrogen and oxygen atoms in total. The number of nitrogens with zero attached hydrogens (tertiary/aromatic N) is 1. The van der Waals surface area contributed by atoms with Crippen LogP contribution in [0.2, 0.25) is 0 Å². The molecule has 0 aliphatic rings. The van der Waals surface area contributed by atoms with Crippen LogP contribution < -0.4 is 16.4 Å². The molecule has 0 spiro atoms. The van der Waals surface area contributed by atoms with Crippen LogP contribution in [0.1, 0.15) is 40.9 Å². The van der Waals surface area contributed by atoms with Crippen molar-refractivity contribution in [2.45, 2.75) is 38.1 Å². The number of hydrogen-bond acceptors (Lipinski definition) is 6. The second-order valence-corrected chi connectivity index (χ2v) is 9.50. The normalized spacial score (nSPS) is 10.1. The summed E-state index contributed by atoms with van der Waals surface area (Å²) in [7, 11) is 1.72. The van der Waals surface area contributed by atoms with Crippen LogP contribution in [0.15, 0.2) is 71.6 Å². The molecular formula is C30H38N4O4S. The Morgan fingerprint density at radius 3 is 2.36 bits per heavy atom. The van der Waals surface area contributed by atoms with Crippen LogP contribution in [0, 0.1) is 0 Å². The predicted octanol–water partition coefficient (Wildman–Crippen LogP) is 5.57. The van der Waals surface area contributed by atoms with Gasteiger partial charge in [0.2, 0.25) is 12.3 Å². The van der Waals surface area contributed by atoms with Crippen LogP contribution in [0.25, 0.3) is 0 Å². The molecule has 0 saturated carbocycles. The topological polar surface area (TPSA) is 114 Å². The number of primary amides is 1. The van der Waals surface area contributed by atoms with Gasteiger partial charge >= 0.3 is 6.09 Å². The first-order valence-corrected chi connectivity index (χ1v) is 14.0. The van der Waals surface area contributed by atoms with Gasteiger partial charge in [0, 0.05) is 48.4 Å². The number of amides is 3. The van der Waals surface area contributed by atoms with Gasteiger partial charge in [-0.15, -0.1) is 11.8 Å². The van der Waals surface area contributed by atoms with Gasteiger partial charge in [-0.25, -0.2) is 4.79 Å². The largest absolute Gasteiger partial charge is 0.449 e. The Labute approximate surface area is 235 Å². The fourth-order valence-electron chi connectivity index (χ4n) is 3.83. The van der Waals surface area contributed by atoms with Crippen LogP contribution in [0.4, 0.5) is 16.2 Å². The SMILES string of the molecule is CCNc1cccc(C(N)=O)c1.CCc1ccccc1CCOC(=O)Nc1ccc(SC)c(CN(C)C=O)c1. The van der Waals surface area contributed by atoms with E-state index in [9.17, 15) is 14.4 Å². The lowest BCUT2D eigenvalue weighted by molar-refractivity contribution is -0.117. The minimum atomic E-state index is -0.476. The zero-order chi connectivity index (χ0) is 28.6. The molecule has 3 rings (SSSR count). The summed E-state index contributed by atoms with van der Waals surface area (Å²) in [6, 6.07) is 21.0. The zero-order valence-electron chi connectivity index (χ0n) is 23.0. The highest BCUT2D eigenvalue weighted by Crippen LogP contribution is 2.25. The van der Waals surface area contributed by atoms with Crippen molar-refractivity contribution in [2.75, 3.05) is 37.1 Å². The number of carbonyl (C=O) groups excluding carboxylic acids is 3. The number of nitrogens with two attached hydrogens (primary N) is 1. The third kappa shape index (κ3) is 10.7. The molecule has 0 heterocycles. The van der Waals surface area contributed by atoms with Crippen LogP contribution in [-0.4, -0.2) is 49.8 Å². The van der Waals surface area contributed by atoms with E-state index in [1.807, 2.05) is 49.6 Å². The van der Waals surface area contributed by atoms with Crippen molar-refractivity contribution in [2.24, 2.45) is 5.73 Å². The summed E-state index contributed by atoms with van der Waals surface area (Å²) in [6.07, 6.45) is 3.94. The van der Waals surface area contributed by atoms with E-state index in [-0.39, 0.29) is 0 Å². The van der Waals surface area contributed by atoms with E-state index in [0.717, 1.165) is 35.5 Å². The summed E-state index contributed by atoms with van der Waals surface area (Å²) in [5.74, 6) is -0.394. The third-order valence-electron chi connectivity index (χ3n) is 5.76. The number of hydrogen-bond donors (Lipinski definition) is 3. The van der Waals surface area contributed by atoms with Crippen molar-refractivity contribution >= 4 is 41.5 Å². The number of aryl methyl sites for hydroxylation is 1. The van der Waals surface area contributed by atoms with E-state index < -0.39 is 12.0 Å². The molecule has 0 aliphatic carbocycles. The number of ether oxygens (including phenoxy) is 1. The second-order valence-electron chi connectivity index (χ2n) is 8.66. The Bertz CT molecular complexity index is 1240. The molecule has 0 aliphatic heterocycles. The molecule has 208 valence electrons. The molecule has 3 aromatic carbocycles. The number of anilines is 2. The van der Waals surface area contributed by atoms with E-state index >= 15 is 0 Å². The van der Waals surface area contributed by atoms with Gasteiger partial charge in [0.05, 0.1) is 6.61 Å². The highest BCUT2D eigenvalue weighted by atomic mass is 32.2.